The number of aliphatic hydroxyl groups excluding tert-OH is 3. The van der Waals surface area contributed by atoms with Gasteiger partial charge in [-0.25, -0.2) is 0 Å². The zero-order valence-electron chi connectivity index (χ0n) is 15.0. The zero-order chi connectivity index (χ0) is 17.2. The van der Waals surface area contributed by atoms with E-state index in [1.165, 1.54) is 5.57 Å². The van der Waals surface area contributed by atoms with Gasteiger partial charge in [-0.1, -0.05) is 32.9 Å². The standard InChI is InChI=1S/C20H32O3/c1-11-6-7-13-18(23)17-12(2)14(21)8-9-20(17,5)10-15(22)16(11)19(13,3)4/h13-15,17-18,21-23H,2,6-10H2,1,3-5H3. The Labute approximate surface area is 140 Å². The van der Waals surface area contributed by atoms with E-state index in [9.17, 15) is 15.3 Å². The third kappa shape index (κ3) is 2.43. The average molecular weight is 320 g/mol. The lowest BCUT2D eigenvalue weighted by atomic mass is 9.50. The summed E-state index contributed by atoms with van der Waals surface area (Å²) in [4.78, 5) is 0. The molecule has 0 amide bonds. The molecule has 3 heteroatoms. The van der Waals surface area contributed by atoms with Gasteiger partial charge in [0.15, 0.2) is 0 Å². The van der Waals surface area contributed by atoms with Crippen LogP contribution in [0, 0.1) is 22.7 Å². The van der Waals surface area contributed by atoms with Crippen molar-refractivity contribution in [2.45, 2.75) is 78.1 Å². The predicted molar refractivity (Wildman–Crippen MR) is 91.8 cm³/mol. The Hall–Kier alpha value is -0.640. The average Bonchev–Trinajstić information content (AvgIpc) is 2.41. The minimum absolute atomic E-state index is 0.0996. The molecule has 3 aliphatic carbocycles. The van der Waals surface area contributed by atoms with E-state index in [0.29, 0.717) is 12.8 Å². The summed E-state index contributed by atoms with van der Waals surface area (Å²) in [5.74, 6) is -0.0346. The van der Waals surface area contributed by atoms with Crippen molar-refractivity contribution < 1.29 is 15.3 Å². The number of allylic oxidation sites excluding steroid dienone is 1. The van der Waals surface area contributed by atoms with Crippen LogP contribution in [0.1, 0.15) is 59.8 Å². The molecule has 6 atom stereocenters. The topological polar surface area (TPSA) is 60.7 Å². The van der Waals surface area contributed by atoms with Crippen LogP contribution in [0.5, 0.6) is 0 Å². The molecule has 0 aromatic carbocycles. The molecule has 0 spiro atoms. The van der Waals surface area contributed by atoms with Gasteiger partial charge in [0.1, 0.15) is 0 Å². The molecular formula is C20H32O3. The van der Waals surface area contributed by atoms with E-state index in [1.54, 1.807) is 0 Å². The first kappa shape index (κ1) is 17.2. The first-order valence-corrected chi connectivity index (χ1v) is 9.02. The summed E-state index contributed by atoms with van der Waals surface area (Å²) in [7, 11) is 0. The minimum atomic E-state index is -0.525. The summed E-state index contributed by atoms with van der Waals surface area (Å²) in [5.41, 5.74) is 2.79. The predicted octanol–water partition coefficient (Wildman–Crippen LogP) is 3.20. The van der Waals surface area contributed by atoms with E-state index >= 15 is 0 Å². The van der Waals surface area contributed by atoms with Crippen molar-refractivity contribution in [3.05, 3.63) is 23.3 Å². The van der Waals surface area contributed by atoms with Crippen LogP contribution >= 0.6 is 0 Å². The summed E-state index contributed by atoms with van der Waals surface area (Å²) in [6.45, 7) is 12.7. The highest BCUT2D eigenvalue weighted by atomic mass is 16.3. The number of hydrogen-bond acceptors (Lipinski definition) is 3. The van der Waals surface area contributed by atoms with Crippen LogP contribution in [0.25, 0.3) is 0 Å². The molecule has 0 aromatic heterocycles. The summed E-state index contributed by atoms with van der Waals surface area (Å²) >= 11 is 0. The maximum atomic E-state index is 11.3. The summed E-state index contributed by atoms with van der Waals surface area (Å²) in [5, 5.41) is 32.6. The first-order valence-electron chi connectivity index (χ1n) is 9.02. The van der Waals surface area contributed by atoms with Crippen LogP contribution in [0.3, 0.4) is 0 Å². The highest BCUT2D eigenvalue weighted by Gasteiger charge is 2.55. The fourth-order valence-corrected chi connectivity index (χ4v) is 6.03. The maximum Gasteiger partial charge on any atom is 0.0763 e. The van der Waals surface area contributed by atoms with E-state index in [0.717, 1.165) is 30.4 Å². The lowest BCUT2D eigenvalue weighted by Crippen LogP contribution is -2.55. The van der Waals surface area contributed by atoms with Gasteiger partial charge >= 0.3 is 0 Å². The molecule has 3 nitrogen and oxygen atoms in total. The lowest BCUT2D eigenvalue weighted by molar-refractivity contribution is -0.0904. The van der Waals surface area contributed by atoms with E-state index in [1.807, 2.05) is 0 Å². The van der Waals surface area contributed by atoms with Crippen molar-refractivity contribution in [3.8, 4) is 0 Å². The quantitative estimate of drug-likeness (QED) is 0.601. The van der Waals surface area contributed by atoms with Crippen LogP contribution < -0.4 is 0 Å². The van der Waals surface area contributed by atoms with E-state index < -0.39 is 18.3 Å². The Kier molecular flexibility index (Phi) is 4.06. The van der Waals surface area contributed by atoms with E-state index in [2.05, 4.69) is 34.3 Å². The van der Waals surface area contributed by atoms with Crippen LogP contribution in [0.2, 0.25) is 0 Å². The highest BCUT2D eigenvalue weighted by Crippen LogP contribution is 2.58. The third-order valence-electron chi connectivity index (χ3n) is 7.23. The van der Waals surface area contributed by atoms with Gasteiger partial charge in [0.05, 0.1) is 18.3 Å². The van der Waals surface area contributed by atoms with Gasteiger partial charge in [-0.2, -0.15) is 0 Å². The monoisotopic (exact) mass is 320 g/mol. The molecule has 0 radical (unpaired) electrons. The van der Waals surface area contributed by atoms with E-state index in [-0.39, 0.29) is 22.7 Å². The molecule has 0 aliphatic heterocycles. The minimum Gasteiger partial charge on any atom is -0.392 e. The van der Waals surface area contributed by atoms with Crippen molar-refractivity contribution >= 4 is 0 Å². The van der Waals surface area contributed by atoms with Gasteiger partial charge in [0.25, 0.3) is 0 Å². The van der Waals surface area contributed by atoms with Gasteiger partial charge in [0.2, 0.25) is 0 Å². The second-order valence-electron chi connectivity index (χ2n) is 9.03. The Morgan fingerprint density at radius 1 is 1.04 bits per heavy atom. The van der Waals surface area contributed by atoms with Crippen molar-refractivity contribution in [1.82, 2.24) is 0 Å². The molecule has 6 unspecified atom stereocenters. The van der Waals surface area contributed by atoms with Crippen molar-refractivity contribution in [1.29, 1.82) is 0 Å². The summed E-state index contributed by atoms with van der Waals surface area (Å²) < 4.78 is 0. The highest BCUT2D eigenvalue weighted by molar-refractivity contribution is 5.32. The molecule has 3 N–H and O–H groups in total. The normalized spacial score (nSPS) is 46.9. The molecule has 23 heavy (non-hydrogen) atoms. The lowest BCUT2D eigenvalue weighted by Gasteiger charge is -2.56. The molecule has 0 saturated heterocycles. The van der Waals surface area contributed by atoms with Crippen LogP contribution in [-0.4, -0.2) is 33.6 Å². The van der Waals surface area contributed by atoms with Crippen molar-refractivity contribution in [2.24, 2.45) is 22.7 Å². The molecule has 2 saturated carbocycles. The fourth-order valence-electron chi connectivity index (χ4n) is 6.03. The van der Waals surface area contributed by atoms with Gasteiger partial charge in [-0.15, -0.1) is 0 Å². The third-order valence-corrected chi connectivity index (χ3v) is 7.23. The molecule has 3 rings (SSSR count). The molecule has 3 aliphatic rings. The van der Waals surface area contributed by atoms with Crippen LogP contribution in [0.15, 0.2) is 23.3 Å². The molecule has 2 fully saturated rings. The van der Waals surface area contributed by atoms with Gasteiger partial charge in [-0.3, -0.25) is 0 Å². The smallest absolute Gasteiger partial charge is 0.0763 e. The number of aliphatic hydroxyl groups is 3. The largest absolute Gasteiger partial charge is 0.392 e. The fraction of sp³-hybridized carbons (Fsp3) is 0.800. The molecule has 130 valence electrons. The number of rotatable bonds is 0. The van der Waals surface area contributed by atoms with Gasteiger partial charge < -0.3 is 15.3 Å². The Morgan fingerprint density at radius 3 is 2.35 bits per heavy atom. The van der Waals surface area contributed by atoms with Gasteiger partial charge in [-0.05, 0) is 66.9 Å². The van der Waals surface area contributed by atoms with E-state index in [4.69, 9.17) is 0 Å². The summed E-state index contributed by atoms with van der Waals surface area (Å²) in [6, 6.07) is 0. The maximum absolute atomic E-state index is 11.3. The molecule has 0 aromatic rings. The number of hydrogen-bond donors (Lipinski definition) is 3. The summed E-state index contributed by atoms with van der Waals surface area (Å²) in [6.07, 6.45) is 2.53. The Morgan fingerprint density at radius 2 is 1.70 bits per heavy atom. The second kappa shape index (κ2) is 5.44. The van der Waals surface area contributed by atoms with Gasteiger partial charge in [0, 0.05) is 5.92 Å². The Bertz CT molecular complexity index is 547. The SMILES string of the molecule is C=C1C(O)CCC2(C)CC(O)C3=C(C)CCC(C(O)C12)C3(C)C. The second-order valence-corrected chi connectivity index (χ2v) is 9.03. The molecule has 0 heterocycles. The zero-order valence-corrected chi connectivity index (χ0v) is 15.0. The molecular weight excluding hydrogens is 288 g/mol. The number of fused-ring (bicyclic) bond motifs is 3. The Balaban J connectivity index is 2.13. The first-order chi connectivity index (χ1) is 10.6. The van der Waals surface area contributed by atoms with Crippen LogP contribution in [-0.2, 0) is 0 Å². The van der Waals surface area contributed by atoms with Crippen LogP contribution in [0.4, 0.5) is 0 Å². The van der Waals surface area contributed by atoms with Crippen molar-refractivity contribution in [3.63, 3.8) is 0 Å². The molecule has 2 bridgehead atoms. The van der Waals surface area contributed by atoms with Crippen molar-refractivity contribution in [2.75, 3.05) is 0 Å².